The number of fused-ring (bicyclic) bond motifs is 2. The maximum absolute atomic E-state index is 11.1. The van der Waals surface area contributed by atoms with Gasteiger partial charge in [-0.15, -0.1) is 0 Å². The van der Waals surface area contributed by atoms with E-state index < -0.39 is 17.2 Å². The largest absolute Gasteiger partial charge is 0.460 e. The summed E-state index contributed by atoms with van der Waals surface area (Å²) in [5, 5.41) is 12.0. The van der Waals surface area contributed by atoms with Gasteiger partial charge in [0.15, 0.2) is 0 Å². The number of morpholine rings is 1. The fraction of sp³-hybridized carbons (Fsp3) is 0.857. The fourth-order valence-electron chi connectivity index (χ4n) is 1.52. The van der Waals surface area contributed by atoms with Gasteiger partial charge in [-0.3, -0.25) is 5.32 Å². The van der Waals surface area contributed by atoms with Gasteiger partial charge in [0.1, 0.15) is 12.1 Å². The number of aliphatic hydroxyl groups is 1. The molecule has 0 amide bonds. The second-order valence-electron chi connectivity index (χ2n) is 3.46. The number of hydrogen-bond donors (Lipinski definition) is 2. The molecule has 0 spiro atoms. The molecule has 0 aromatic carbocycles. The molecule has 2 heterocycles. The van der Waals surface area contributed by atoms with Crippen LogP contribution in [0.3, 0.4) is 0 Å². The Morgan fingerprint density at radius 2 is 2.42 bits per heavy atom. The van der Waals surface area contributed by atoms with Crippen LogP contribution >= 0.6 is 0 Å². The Labute approximate surface area is 69.6 Å². The first kappa shape index (κ1) is 7.97. The van der Waals surface area contributed by atoms with Crippen LogP contribution in [0.25, 0.3) is 0 Å². The highest BCUT2D eigenvalue weighted by atomic mass is 16.6. The Morgan fingerprint density at radius 3 is 3.08 bits per heavy atom. The monoisotopic (exact) mass is 173 g/mol. The van der Waals surface area contributed by atoms with E-state index in [0.717, 1.165) is 0 Å². The van der Waals surface area contributed by atoms with Gasteiger partial charge in [0.05, 0.1) is 13.2 Å². The minimum absolute atomic E-state index is 0.0874. The minimum Gasteiger partial charge on any atom is -0.460 e. The number of rotatable bonds is 1. The van der Waals surface area contributed by atoms with Gasteiger partial charge in [0.2, 0.25) is 5.72 Å². The maximum Gasteiger partial charge on any atom is 0.353 e. The number of carbonyl (C=O) groups excluding carboxylic acids is 1. The average molecular weight is 173 g/mol. The van der Waals surface area contributed by atoms with Crippen LogP contribution in [0, 0.1) is 0 Å². The van der Waals surface area contributed by atoms with Crippen LogP contribution in [0.1, 0.15) is 6.92 Å². The summed E-state index contributed by atoms with van der Waals surface area (Å²) in [7, 11) is 0. The van der Waals surface area contributed by atoms with Crippen molar-refractivity contribution in [3.63, 3.8) is 0 Å². The van der Waals surface area contributed by atoms with Crippen molar-refractivity contribution in [1.29, 1.82) is 0 Å². The molecule has 2 atom stereocenters. The molecule has 2 saturated heterocycles. The highest BCUT2D eigenvalue weighted by Gasteiger charge is 2.55. The molecule has 2 aliphatic rings. The minimum atomic E-state index is -1.05. The first-order chi connectivity index (χ1) is 5.60. The van der Waals surface area contributed by atoms with Gasteiger partial charge >= 0.3 is 5.97 Å². The number of nitrogens with one attached hydrogen (secondary N) is 1. The van der Waals surface area contributed by atoms with Gasteiger partial charge in [-0.1, -0.05) is 0 Å². The van der Waals surface area contributed by atoms with Gasteiger partial charge in [0.25, 0.3) is 0 Å². The smallest absolute Gasteiger partial charge is 0.353 e. The van der Waals surface area contributed by atoms with E-state index in [1.54, 1.807) is 6.92 Å². The summed E-state index contributed by atoms with van der Waals surface area (Å²) in [6, 6.07) is 0. The summed E-state index contributed by atoms with van der Waals surface area (Å²) in [6.07, 6.45) is 0. The SMILES string of the molecule is C[C@]12N[C@](CO)(COC1=O)CO2. The van der Waals surface area contributed by atoms with E-state index in [4.69, 9.17) is 14.6 Å². The molecule has 0 aromatic heterocycles. The van der Waals surface area contributed by atoms with Crippen molar-refractivity contribution >= 4 is 5.97 Å². The van der Waals surface area contributed by atoms with Gasteiger partial charge in [-0.2, -0.15) is 0 Å². The third-order valence-corrected chi connectivity index (χ3v) is 2.31. The average Bonchev–Trinajstić information content (AvgIpc) is 2.36. The van der Waals surface area contributed by atoms with Crippen LogP contribution in [-0.2, 0) is 14.3 Å². The molecule has 0 unspecified atom stereocenters. The van der Waals surface area contributed by atoms with Crippen molar-refractivity contribution in [3.8, 4) is 0 Å². The van der Waals surface area contributed by atoms with Crippen LogP contribution in [0.4, 0.5) is 0 Å². The Bertz CT molecular complexity index is 231. The van der Waals surface area contributed by atoms with Crippen LogP contribution < -0.4 is 5.32 Å². The van der Waals surface area contributed by atoms with E-state index in [2.05, 4.69) is 5.32 Å². The first-order valence-corrected chi connectivity index (χ1v) is 3.82. The van der Waals surface area contributed by atoms with Gasteiger partial charge in [-0.25, -0.2) is 4.79 Å². The predicted molar refractivity (Wildman–Crippen MR) is 38.3 cm³/mol. The summed E-state index contributed by atoms with van der Waals surface area (Å²) in [6.45, 7) is 2.01. The fourth-order valence-corrected chi connectivity index (χ4v) is 1.52. The molecular formula is C7H11NO4. The van der Waals surface area contributed by atoms with Gasteiger partial charge in [0, 0.05) is 0 Å². The van der Waals surface area contributed by atoms with Crippen molar-refractivity contribution < 1.29 is 19.4 Å². The van der Waals surface area contributed by atoms with Crippen molar-refractivity contribution in [2.24, 2.45) is 0 Å². The maximum atomic E-state index is 11.1. The molecule has 2 aliphatic heterocycles. The normalized spacial score (nSPS) is 46.0. The van der Waals surface area contributed by atoms with Crippen LogP contribution in [0.5, 0.6) is 0 Å². The second kappa shape index (κ2) is 2.18. The third-order valence-electron chi connectivity index (χ3n) is 2.31. The summed E-state index contributed by atoms with van der Waals surface area (Å²) in [5.74, 6) is -0.413. The molecule has 0 aromatic rings. The predicted octanol–water partition coefficient (Wildman–Crippen LogP) is -1.39. The molecule has 68 valence electrons. The molecule has 2 N–H and O–H groups in total. The molecule has 0 saturated carbocycles. The van der Waals surface area contributed by atoms with Crippen LogP contribution in [-0.4, -0.2) is 42.2 Å². The Hall–Kier alpha value is -0.650. The lowest BCUT2D eigenvalue weighted by atomic mass is 10.0. The highest BCUT2D eigenvalue weighted by Crippen LogP contribution is 2.29. The molecular weight excluding hydrogens is 162 g/mol. The zero-order chi connectivity index (χ0) is 8.82. The highest BCUT2D eigenvalue weighted by molar-refractivity contribution is 5.80. The van der Waals surface area contributed by atoms with E-state index in [1.165, 1.54) is 0 Å². The molecule has 0 radical (unpaired) electrons. The van der Waals surface area contributed by atoms with Gasteiger partial charge in [-0.05, 0) is 6.92 Å². The number of hydrogen-bond acceptors (Lipinski definition) is 5. The Morgan fingerprint density at radius 1 is 1.67 bits per heavy atom. The van der Waals surface area contributed by atoms with E-state index >= 15 is 0 Å². The summed E-state index contributed by atoms with van der Waals surface area (Å²) < 4.78 is 10.1. The van der Waals surface area contributed by atoms with Crippen LogP contribution in [0.2, 0.25) is 0 Å². The molecule has 12 heavy (non-hydrogen) atoms. The van der Waals surface area contributed by atoms with Crippen molar-refractivity contribution in [3.05, 3.63) is 0 Å². The van der Waals surface area contributed by atoms with Crippen molar-refractivity contribution in [1.82, 2.24) is 5.32 Å². The number of esters is 1. The van der Waals surface area contributed by atoms with Crippen LogP contribution in [0.15, 0.2) is 0 Å². The third kappa shape index (κ3) is 0.872. The van der Waals surface area contributed by atoms with E-state index in [0.29, 0.717) is 6.61 Å². The summed E-state index contributed by atoms with van der Waals surface area (Å²) >= 11 is 0. The number of aliphatic hydroxyl groups excluding tert-OH is 1. The van der Waals surface area contributed by atoms with Crippen molar-refractivity contribution in [2.45, 2.75) is 18.2 Å². The first-order valence-electron chi connectivity index (χ1n) is 3.82. The van der Waals surface area contributed by atoms with E-state index in [1.807, 2.05) is 0 Å². The van der Waals surface area contributed by atoms with E-state index in [9.17, 15) is 4.79 Å². The Kier molecular flexibility index (Phi) is 1.45. The zero-order valence-electron chi connectivity index (χ0n) is 6.79. The van der Waals surface area contributed by atoms with Gasteiger partial charge < -0.3 is 14.6 Å². The quantitative estimate of drug-likeness (QED) is 0.478. The molecule has 5 heteroatoms. The number of ether oxygens (including phenoxy) is 2. The lowest BCUT2D eigenvalue weighted by Crippen LogP contribution is -2.63. The topological polar surface area (TPSA) is 67.8 Å². The molecule has 0 aliphatic carbocycles. The van der Waals surface area contributed by atoms with Crippen molar-refractivity contribution in [2.75, 3.05) is 19.8 Å². The summed E-state index contributed by atoms with van der Waals surface area (Å²) in [4.78, 5) is 11.1. The standard InChI is InChI=1S/C7H11NO4/c1-6-5(10)11-3-7(2-9,8-6)4-12-6/h8-9H,2-4H2,1H3/t6-,7-/m1/s1. The number of carbonyl (C=O) groups is 1. The molecule has 2 bridgehead atoms. The second-order valence-corrected chi connectivity index (χ2v) is 3.46. The van der Waals surface area contributed by atoms with E-state index in [-0.39, 0.29) is 13.2 Å². The Balaban J connectivity index is 2.26. The zero-order valence-corrected chi connectivity index (χ0v) is 6.79. The molecule has 5 nitrogen and oxygen atoms in total. The summed E-state index contributed by atoms with van der Waals surface area (Å²) in [5.41, 5.74) is -1.64. The number of cyclic esters (lactones) is 1. The lowest BCUT2D eigenvalue weighted by Gasteiger charge is -2.33. The molecule has 2 fully saturated rings. The molecule has 2 rings (SSSR count). The lowest BCUT2D eigenvalue weighted by molar-refractivity contribution is -0.171.